The Hall–Kier alpha value is -4.42. The van der Waals surface area contributed by atoms with Crippen molar-refractivity contribution in [2.45, 2.75) is 76.7 Å². The zero-order valence-electron chi connectivity index (χ0n) is 32.5. The molecule has 0 aliphatic carbocycles. The first kappa shape index (κ1) is 43.7. The summed E-state index contributed by atoms with van der Waals surface area (Å²) in [7, 11) is -1.72. The number of nitrogens with zero attached hydrogens (tertiary/aromatic N) is 5. The molecule has 22 nitrogen and oxygen atoms in total. The van der Waals surface area contributed by atoms with E-state index >= 15 is 0 Å². The number of hydrogen-bond donors (Lipinski definition) is 5. The van der Waals surface area contributed by atoms with Gasteiger partial charge in [0.25, 0.3) is 0 Å². The minimum Gasteiger partial charge on any atom is -0.426 e. The van der Waals surface area contributed by atoms with Gasteiger partial charge in [0, 0.05) is 65.3 Å². The van der Waals surface area contributed by atoms with Gasteiger partial charge in [0.15, 0.2) is 0 Å². The van der Waals surface area contributed by atoms with Gasteiger partial charge in [-0.25, -0.2) is 0 Å². The summed E-state index contributed by atoms with van der Waals surface area (Å²) in [6.07, 6.45) is -2.63. The topological polar surface area (TPSA) is 266 Å². The quantitative estimate of drug-likeness (QED) is 0.0966. The first-order chi connectivity index (χ1) is 27.0. The Labute approximate surface area is 329 Å². The van der Waals surface area contributed by atoms with Crippen LogP contribution in [-0.2, 0) is 57.3 Å². The van der Waals surface area contributed by atoms with Crippen molar-refractivity contribution < 1.29 is 67.4 Å². The van der Waals surface area contributed by atoms with Crippen molar-refractivity contribution in [3.05, 3.63) is 0 Å². The second kappa shape index (κ2) is 19.4. The van der Waals surface area contributed by atoms with Crippen molar-refractivity contribution in [2.24, 2.45) is 5.92 Å². The van der Waals surface area contributed by atoms with Crippen LogP contribution in [0.15, 0.2) is 0 Å². The molecule has 5 rings (SSSR count). The second-order valence-electron chi connectivity index (χ2n) is 15.2. The molecule has 0 radical (unpaired) electrons. The summed E-state index contributed by atoms with van der Waals surface area (Å²) >= 11 is 0. The highest BCUT2D eigenvalue weighted by Gasteiger charge is 2.53. The minimum atomic E-state index is -3.15. The molecule has 6 atom stereocenters. The number of fused-ring (bicyclic) bond motifs is 12. The van der Waals surface area contributed by atoms with Gasteiger partial charge in [0.05, 0.1) is 32.1 Å². The van der Waals surface area contributed by atoms with E-state index in [4.69, 9.17) is 18.9 Å². The van der Waals surface area contributed by atoms with E-state index in [0.717, 1.165) is 0 Å². The molecule has 4 amide bonds. The molecule has 1 spiro atoms. The number of esters is 4. The van der Waals surface area contributed by atoms with Gasteiger partial charge in [-0.05, 0) is 32.1 Å². The summed E-state index contributed by atoms with van der Waals surface area (Å²) in [5, 5.41) is 26.9. The molecule has 23 heteroatoms. The van der Waals surface area contributed by atoms with Gasteiger partial charge in [-0.1, -0.05) is 13.8 Å². The molecule has 5 fully saturated rings. The fourth-order valence-corrected chi connectivity index (χ4v) is 7.45. The zero-order chi connectivity index (χ0) is 41.4. The molecule has 0 aromatic carbocycles. The summed E-state index contributed by atoms with van der Waals surface area (Å²) in [6.45, 7) is 6.33. The standard InChI is InChI=1S/C34H53BN8O14/c1-21(2)30(31(49)37-22(3)32(50)43-8-4-5-24(43)35(52)53)38-26(45)17-36-25(44)7-6-23-33(51)57-34-54-27(46)18-39-9-11-40(19-28(47)55-34)13-15-42(23)16-14-41(12-10-39)20-29(48)56-34/h21-24,30,52-53H,4-20H2,1-3H3,(H,36,44)(H,37,49)(H,38,45)/t22-,23+,24+,30+/m1/s1. The molecule has 5 N–H and O–H groups in total. The molecule has 5 aliphatic rings. The van der Waals surface area contributed by atoms with Crippen LogP contribution in [-0.4, -0.2) is 204 Å². The van der Waals surface area contributed by atoms with Crippen molar-refractivity contribution in [1.29, 1.82) is 0 Å². The number of carbonyl (C=O) groups excluding carboxylic acids is 8. The molecule has 57 heavy (non-hydrogen) atoms. The van der Waals surface area contributed by atoms with Crippen LogP contribution in [0.4, 0.5) is 0 Å². The Morgan fingerprint density at radius 2 is 1.28 bits per heavy atom. The molecule has 0 saturated carbocycles. The SMILES string of the molecule is CC(C)[C@H](NC(=O)CNC(=O)CC[C@H]1C(=O)OC23OC(=O)CN4CCN(CCN1CCN(CC4)CC(=O)O2)CC(=O)O3)C(=O)N[C@H](C)C(=O)N1CCC[C@H]1B(O)O. The molecule has 5 bridgehead atoms. The molecule has 0 aromatic rings. The number of hydrogen-bond acceptors (Lipinski definition) is 18. The van der Waals surface area contributed by atoms with Gasteiger partial charge in [-0.3, -0.25) is 58.0 Å². The highest BCUT2D eigenvalue weighted by Crippen LogP contribution is 2.26. The molecule has 2 unspecified atom stereocenters. The van der Waals surface area contributed by atoms with Crippen LogP contribution in [0.1, 0.15) is 46.5 Å². The molecular formula is C34H53BN8O14. The molecule has 5 aliphatic heterocycles. The molecule has 0 aromatic heterocycles. The predicted octanol–water partition coefficient (Wildman–Crippen LogP) is -5.05. The van der Waals surface area contributed by atoms with E-state index in [1.165, 1.54) is 11.8 Å². The Balaban J connectivity index is 1.24. The lowest BCUT2D eigenvalue weighted by atomic mass is 9.78. The van der Waals surface area contributed by atoms with Crippen LogP contribution in [0.5, 0.6) is 0 Å². The summed E-state index contributed by atoms with van der Waals surface area (Å²) in [5.41, 5.74) is 0. The van der Waals surface area contributed by atoms with Gasteiger partial charge in [0.2, 0.25) is 23.6 Å². The maximum atomic E-state index is 14.0. The van der Waals surface area contributed by atoms with E-state index in [1.54, 1.807) is 28.5 Å². The Kier molecular flexibility index (Phi) is 14.8. The lowest BCUT2D eigenvalue weighted by molar-refractivity contribution is -0.432. The fraction of sp³-hybridized carbons (Fsp3) is 0.765. The van der Waals surface area contributed by atoms with Gasteiger partial charge < -0.3 is 49.8 Å². The van der Waals surface area contributed by atoms with E-state index in [0.29, 0.717) is 58.7 Å². The Morgan fingerprint density at radius 3 is 1.79 bits per heavy atom. The highest BCUT2D eigenvalue weighted by molar-refractivity contribution is 6.43. The average molecular weight is 809 g/mol. The normalized spacial score (nSPS) is 30.5. The lowest BCUT2D eigenvalue weighted by Gasteiger charge is -2.35. The third-order valence-electron chi connectivity index (χ3n) is 10.6. The average Bonchev–Trinajstić information content (AvgIpc) is 3.61. The first-order valence-electron chi connectivity index (χ1n) is 19.3. The molecule has 316 valence electrons. The van der Waals surface area contributed by atoms with Crippen molar-refractivity contribution in [2.75, 3.05) is 85.1 Å². The van der Waals surface area contributed by atoms with Gasteiger partial charge >= 0.3 is 37.2 Å². The van der Waals surface area contributed by atoms with E-state index in [-0.39, 0.29) is 45.6 Å². The van der Waals surface area contributed by atoms with E-state index < -0.39 is 97.3 Å². The third kappa shape index (κ3) is 11.8. The van der Waals surface area contributed by atoms with Gasteiger partial charge in [-0.2, -0.15) is 0 Å². The monoisotopic (exact) mass is 808 g/mol. The van der Waals surface area contributed by atoms with E-state index in [2.05, 4.69) is 16.0 Å². The predicted molar refractivity (Wildman–Crippen MR) is 193 cm³/mol. The maximum absolute atomic E-state index is 14.0. The summed E-state index contributed by atoms with van der Waals surface area (Å²) in [5.74, 6) is -7.68. The summed E-state index contributed by atoms with van der Waals surface area (Å²) in [4.78, 5) is 114. The van der Waals surface area contributed by atoms with Crippen molar-refractivity contribution in [1.82, 2.24) is 40.4 Å². The van der Waals surface area contributed by atoms with E-state index in [9.17, 15) is 48.4 Å². The van der Waals surface area contributed by atoms with Gasteiger partial charge in [0.1, 0.15) is 18.1 Å². The molecule has 5 saturated heterocycles. The molecule has 5 heterocycles. The minimum absolute atomic E-state index is 0.167. The maximum Gasteiger partial charge on any atom is 0.619 e. The fourth-order valence-electron chi connectivity index (χ4n) is 7.45. The first-order valence-corrected chi connectivity index (χ1v) is 19.3. The Bertz CT molecular complexity index is 1500. The highest BCUT2D eigenvalue weighted by atomic mass is 17.0. The number of ether oxygens (including phenoxy) is 4. The van der Waals surface area contributed by atoms with Crippen LogP contribution in [0.3, 0.4) is 0 Å². The zero-order valence-corrected chi connectivity index (χ0v) is 32.5. The van der Waals surface area contributed by atoms with Crippen LogP contribution >= 0.6 is 0 Å². The largest absolute Gasteiger partial charge is 0.619 e. The van der Waals surface area contributed by atoms with Crippen molar-refractivity contribution >= 4 is 54.6 Å². The number of carbonyl (C=O) groups is 8. The number of likely N-dealkylation sites (tertiary alicyclic amines) is 1. The number of nitrogens with one attached hydrogen (secondary N) is 3. The second-order valence-corrected chi connectivity index (χ2v) is 15.2. The summed E-state index contributed by atoms with van der Waals surface area (Å²) in [6, 6.07) is -3.29. The lowest BCUT2D eigenvalue weighted by Crippen LogP contribution is -2.57. The smallest absolute Gasteiger partial charge is 0.426 e. The van der Waals surface area contributed by atoms with Crippen LogP contribution in [0.2, 0.25) is 0 Å². The number of amides is 4. The van der Waals surface area contributed by atoms with Crippen LogP contribution in [0, 0.1) is 5.92 Å². The van der Waals surface area contributed by atoms with Gasteiger partial charge in [-0.15, -0.1) is 0 Å². The van der Waals surface area contributed by atoms with Crippen molar-refractivity contribution in [3.63, 3.8) is 0 Å². The van der Waals surface area contributed by atoms with Crippen LogP contribution < -0.4 is 16.0 Å². The Morgan fingerprint density at radius 1 is 0.754 bits per heavy atom. The summed E-state index contributed by atoms with van der Waals surface area (Å²) < 4.78 is 21.6. The van der Waals surface area contributed by atoms with Crippen molar-refractivity contribution in [3.8, 4) is 0 Å². The van der Waals surface area contributed by atoms with Crippen LogP contribution in [0.25, 0.3) is 0 Å². The number of rotatable bonds is 11. The van der Waals surface area contributed by atoms with E-state index in [1.807, 2.05) is 4.90 Å². The molecular weight excluding hydrogens is 755 g/mol. The third-order valence-corrected chi connectivity index (χ3v) is 10.6.